The maximum atomic E-state index is 11.0. The second kappa shape index (κ2) is 9.29. The summed E-state index contributed by atoms with van der Waals surface area (Å²) in [6.45, 7) is 0.119. The van der Waals surface area contributed by atoms with Crippen molar-refractivity contribution in [3.8, 4) is 22.8 Å². The molecule has 0 unspecified atom stereocenters. The zero-order valence-corrected chi connectivity index (χ0v) is 17.7. The van der Waals surface area contributed by atoms with Crippen LogP contribution in [0.2, 0.25) is 0 Å². The first-order chi connectivity index (χ1) is 15.4. The molecule has 4 N–H and O–H groups in total. The predicted octanol–water partition coefficient (Wildman–Crippen LogP) is 2.72. The van der Waals surface area contributed by atoms with Crippen molar-refractivity contribution >= 4 is 13.6 Å². The fourth-order valence-corrected chi connectivity index (χ4v) is 3.28. The van der Waals surface area contributed by atoms with E-state index in [-0.39, 0.29) is 6.73 Å². The summed E-state index contributed by atoms with van der Waals surface area (Å²) in [5.41, 5.74) is 8.51. The average molecular weight is 454 g/mol. The smallest absolute Gasteiger partial charge is 0.439 e. The van der Waals surface area contributed by atoms with Gasteiger partial charge in [0.15, 0.2) is 0 Å². The standard InChI is InChI=1S/C21H20N5O5P/c22-21-19(7-4-10-25(21)15-30-32(27,28)29)17-12-24-26(14-17)13-16-8-9-20(23-11-16)31-18-5-2-1-3-6-18/h1-12,14,22H,13,15H2,(H2,27,28,29)/p+1. The van der Waals surface area contributed by atoms with E-state index in [9.17, 15) is 4.57 Å². The molecule has 0 amide bonds. The fraction of sp³-hybridized carbons (Fsp3) is 0.0952. The number of nitrogens with two attached hydrogens (primary N) is 1. The zero-order valence-electron chi connectivity index (χ0n) is 16.9. The van der Waals surface area contributed by atoms with Gasteiger partial charge in [-0.2, -0.15) is 5.10 Å². The summed E-state index contributed by atoms with van der Waals surface area (Å²) in [6.07, 6.45) is 6.79. The number of pyridine rings is 2. The molecule has 0 aliphatic heterocycles. The molecule has 0 aliphatic carbocycles. The number of hydrogen-bond acceptors (Lipinski definition) is 6. The molecular formula is C21H21N5O5P+. The van der Waals surface area contributed by atoms with E-state index < -0.39 is 7.82 Å². The molecule has 32 heavy (non-hydrogen) atoms. The third-order valence-corrected chi connectivity index (χ3v) is 4.98. The second-order valence-electron chi connectivity index (χ2n) is 6.87. The molecule has 0 radical (unpaired) electrons. The predicted molar refractivity (Wildman–Crippen MR) is 115 cm³/mol. The number of phosphoric acid groups is 1. The SMILES string of the molecule is Nc1c(-c2cnn(Cc3ccc(Oc4ccccc4)nc3)c2)ccc[n+]1COP(=O)(O)O. The Kier molecular flexibility index (Phi) is 6.29. The molecular weight excluding hydrogens is 433 g/mol. The first kappa shape index (κ1) is 21.7. The maximum Gasteiger partial charge on any atom is 0.472 e. The maximum absolute atomic E-state index is 11.0. The van der Waals surface area contributed by atoms with Crippen LogP contribution < -0.4 is 15.0 Å². The number of aromatic nitrogens is 4. The van der Waals surface area contributed by atoms with E-state index in [2.05, 4.69) is 14.6 Å². The van der Waals surface area contributed by atoms with Gasteiger partial charge in [0.2, 0.25) is 12.6 Å². The Bertz CT molecular complexity index is 1240. The van der Waals surface area contributed by atoms with Crippen LogP contribution in [0.1, 0.15) is 5.56 Å². The van der Waals surface area contributed by atoms with E-state index in [0.29, 0.717) is 29.6 Å². The van der Waals surface area contributed by atoms with Crippen molar-refractivity contribution in [1.29, 1.82) is 0 Å². The van der Waals surface area contributed by atoms with Gasteiger partial charge in [-0.15, -0.1) is 0 Å². The molecule has 4 aromatic rings. The minimum absolute atomic E-state index is 0.296. The lowest BCUT2D eigenvalue weighted by Crippen LogP contribution is -2.38. The molecule has 0 atom stereocenters. The van der Waals surface area contributed by atoms with E-state index in [0.717, 1.165) is 11.1 Å². The Morgan fingerprint density at radius 1 is 1.06 bits per heavy atom. The van der Waals surface area contributed by atoms with E-state index in [1.807, 2.05) is 42.6 Å². The van der Waals surface area contributed by atoms with Crippen LogP contribution in [0.5, 0.6) is 11.6 Å². The Labute approximate surface area is 183 Å². The first-order valence-electron chi connectivity index (χ1n) is 9.56. The highest BCUT2D eigenvalue weighted by molar-refractivity contribution is 7.46. The van der Waals surface area contributed by atoms with E-state index >= 15 is 0 Å². The highest BCUT2D eigenvalue weighted by Crippen LogP contribution is 2.35. The van der Waals surface area contributed by atoms with Crippen molar-refractivity contribution in [2.45, 2.75) is 13.3 Å². The van der Waals surface area contributed by atoms with E-state index in [1.54, 1.807) is 41.5 Å². The van der Waals surface area contributed by atoms with Gasteiger partial charge < -0.3 is 14.5 Å². The summed E-state index contributed by atoms with van der Waals surface area (Å²) < 4.78 is 24.3. The van der Waals surface area contributed by atoms with Gasteiger partial charge in [-0.05, 0) is 29.8 Å². The molecule has 1 aromatic carbocycles. The second-order valence-corrected chi connectivity index (χ2v) is 8.11. The summed E-state index contributed by atoms with van der Waals surface area (Å²) in [5.74, 6) is 1.51. The number of benzene rings is 1. The Balaban J connectivity index is 1.45. The monoisotopic (exact) mass is 454 g/mol. The highest BCUT2D eigenvalue weighted by Gasteiger charge is 2.19. The molecule has 11 heteroatoms. The lowest BCUT2D eigenvalue weighted by molar-refractivity contribution is -0.711. The van der Waals surface area contributed by atoms with Gasteiger partial charge in [-0.25, -0.2) is 18.6 Å². The highest BCUT2D eigenvalue weighted by atomic mass is 31.2. The zero-order chi connectivity index (χ0) is 22.6. The lowest BCUT2D eigenvalue weighted by atomic mass is 10.1. The number of nitrogens with zero attached hydrogens (tertiary/aromatic N) is 4. The summed E-state index contributed by atoms with van der Waals surface area (Å²) >= 11 is 0. The van der Waals surface area contributed by atoms with Crippen LogP contribution >= 0.6 is 7.82 Å². The largest absolute Gasteiger partial charge is 0.472 e. The molecule has 0 aliphatic rings. The van der Waals surface area contributed by atoms with Crippen LogP contribution in [-0.4, -0.2) is 24.6 Å². The molecule has 0 spiro atoms. The number of ether oxygens (including phenoxy) is 1. The fourth-order valence-electron chi connectivity index (χ4n) is 3.01. The van der Waals surface area contributed by atoms with E-state index in [1.165, 1.54) is 4.57 Å². The van der Waals surface area contributed by atoms with Crippen molar-refractivity contribution in [3.05, 3.63) is 84.9 Å². The van der Waals surface area contributed by atoms with Gasteiger partial charge >= 0.3 is 7.82 Å². The minimum atomic E-state index is -4.60. The molecule has 0 saturated heterocycles. The van der Waals surface area contributed by atoms with Crippen molar-refractivity contribution in [3.63, 3.8) is 0 Å². The third-order valence-electron chi connectivity index (χ3n) is 4.53. The third kappa shape index (κ3) is 5.57. The Morgan fingerprint density at radius 2 is 1.88 bits per heavy atom. The summed E-state index contributed by atoms with van der Waals surface area (Å²) in [7, 11) is -4.60. The molecule has 10 nitrogen and oxygen atoms in total. The number of hydrogen-bond donors (Lipinski definition) is 3. The van der Waals surface area contributed by atoms with Crippen LogP contribution in [-0.2, 0) is 22.4 Å². The lowest BCUT2D eigenvalue weighted by Gasteiger charge is -2.08. The van der Waals surface area contributed by atoms with E-state index in [4.69, 9.17) is 20.3 Å². The Morgan fingerprint density at radius 3 is 2.59 bits per heavy atom. The minimum Gasteiger partial charge on any atom is -0.439 e. The summed E-state index contributed by atoms with van der Waals surface area (Å²) in [6, 6.07) is 16.6. The number of anilines is 1. The van der Waals surface area contributed by atoms with Gasteiger partial charge in [0, 0.05) is 24.0 Å². The normalized spacial score (nSPS) is 11.4. The van der Waals surface area contributed by atoms with Gasteiger partial charge in [-0.3, -0.25) is 10.4 Å². The summed E-state index contributed by atoms with van der Waals surface area (Å²) in [5, 5.41) is 4.37. The van der Waals surface area contributed by atoms with Gasteiger partial charge in [0.25, 0.3) is 5.82 Å². The average Bonchev–Trinajstić information content (AvgIpc) is 3.23. The van der Waals surface area contributed by atoms with Crippen LogP contribution in [0.3, 0.4) is 0 Å². The quantitative estimate of drug-likeness (QED) is 0.273. The summed E-state index contributed by atoms with van der Waals surface area (Å²) in [4.78, 5) is 22.1. The molecule has 0 fully saturated rings. The topological polar surface area (TPSA) is 137 Å². The van der Waals surface area contributed by atoms with Gasteiger partial charge in [0.05, 0.1) is 24.5 Å². The number of nitrogen functional groups attached to an aromatic ring is 1. The van der Waals surface area contributed by atoms with Crippen LogP contribution in [0.15, 0.2) is 79.4 Å². The van der Waals surface area contributed by atoms with Crippen molar-refractivity contribution < 1.29 is 28.2 Å². The number of rotatable bonds is 8. The van der Waals surface area contributed by atoms with Crippen LogP contribution in [0.4, 0.5) is 5.82 Å². The first-order valence-corrected chi connectivity index (χ1v) is 11.1. The number of phosphoric ester groups is 1. The molecule has 3 heterocycles. The van der Waals surface area contributed by atoms with Crippen molar-refractivity contribution in [2.75, 3.05) is 5.73 Å². The van der Waals surface area contributed by atoms with Crippen molar-refractivity contribution in [1.82, 2.24) is 14.8 Å². The van der Waals surface area contributed by atoms with Gasteiger partial charge in [-0.1, -0.05) is 24.3 Å². The van der Waals surface area contributed by atoms with Crippen molar-refractivity contribution in [2.24, 2.45) is 0 Å². The molecule has 3 aromatic heterocycles. The number of para-hydroxylation sites is 1. The molecule has 0 saturated carbocycles. The Hall–Kier alpha value is -3.56. The molecule has 0 bridgehead atoms. The van der Waals surface area contributed by atoms with Crippen LogP contribution in [0.25, 0.3) is 11.1 Å². The molecule has 164 valence electrons. The molecule has 4 rings (SSSR count). The van der Waals surface area contributed by atoms with Gasteiger partial charge in [0.1, 0.15) is 5.75 Å². The van der Waals surface area contributed by atoms with Crippen LogP contribution in [0, 0.1) is 0 Å².